The van der Waals surface area contributed by atoms with Crippen molar-refractivity contribution < 1.29 is 24.5 Å². The molecule has 0 saturated carbocycles. The van der Waals surface area contributed by atoms with Gasteiger partial charge in [0, 0.05) is 3.57 Å². The standard InChI is InChI=1S/C13H17IO5/c1-8(2)18-6-10(15)7-19-12-4-3-9(14)5-11(12)13(16)17/h3-5,8,10,15H,6-7H2,1-2H3,(H,16,17). The Hall–Kier alpha value is -0.860. The second-order valence-electron chi connectivity index (χ2n) is 4.29. The molecule has 0 bridgehead atoms. The molecule has 0 spiro atoms. The van der Waals surface area contributed by atoms with Crippen LogP contribution in [0.2, 0.25) is 0 Å². The zero-order chi connectivity index (χ0) is 14.4. The van der Waals surface area contributed by atoms with Crippen LogP contribution in [0.4, 0.5) is 0 Å². The van der Waals surface area contributed by atoms with E-state index in [9.17, 15) is 9.90 Å². The Kier molecular flexibility index (Phi) is 6.53. The third-order valence-electron chi connectivity index (χ3n) is 2.23. The first-order valence-corrected chi connectivity index (χ1v) is 6.93. The summed E-state index contributed by atoms with van der Waals surface area (Å²) < 4.78 is 11.4. The molecule has 1 aromatic carbocycles. The SMILES string of the molecule is CC(C)OCC(O)COc1ccc(I)cc1C(=O)O. The average molecular weight is 380 g/mol. The summed E-state index contributed by atoms with van der Waals surface area (Å²) in [7, 11) is 0. The monoisotopic (exact) mass is 380 g/mol. The lowest BCUT2D eigenvalue weighted by Crippen LogP contribution is -2.25. The first-order chi connectivity index (χ1) is 8.90. The minimum atomic E-state index is -1.05. The minimum absolute atomic E-state index is 0.00636. The highest BCUT2D eigenvalue weighted by atomic mass is 127. The second-order valence-corrected chi connectivity index (χ2v) is 5.54. The molecule has 0 aliphatic heterocycles. The van der Waals surface area contributed by atoms with Crippen molar-refractivity contribution in [3.8, 4) is 5.75 Å². The summed E-state index contributed by atoms with van der Waals surface area (Å²) in [5.41, 5.74) is 0.0869. The summed E-state index contributed by atoms with van der Waals surface area (Å²) in [4.78, 5) is 11.1. The van der Waals surface area contributed by atoms with Gasteiger partial charge in [-0.1, -0.05) is 0 Å². The number of hydrogen-bond acceptors (Lipinski definition) is 4. The van der Waals surface area contributed by atoms with E-state index in [4.69, 9.17) is 14.6 Å². The second kappa shape index (κ2) is 7.66. The fourth-order valence-electron chi connectivity index (χ4n) is 1.33. The van der Waals surface area contributed by atoms with Crippen molar-refractivity contribution in [2.24, 2.45) is 0 Å². The van der Waals surface area contributed by atoms with Crippen molar-refractivity contribution in [2.45, 2.75) is 26.1 Å². The molecule has 0 aromatic heterocycles. The molecule has 0 fully saturated rings. The van der Waals surface area contributed by atoms with E-state index >= 15 is 0 Å². The normalized spacial score (nSPS) is 12.5. The molecule has 1 unspecified atom stereocenters. The molecule has 1 atom stereocenters. The van der Waals surface area contributed by atoms with Gasteiger partial charge in [0.1, 0.15) is 24.0 Å². The largest absolute Gasteiger partial charge is 0.490 e. The average Bonchev–Trinajstić information content (AvgIpc) is 2.34. The number of aromatic carboxylic acids is 1. The Bertz CT molecular complexity index is 433. The summed E-state index contributed by atoms with van der Waals surface area (Å²) >= 11 is 2.03. The molecule has 2 N–H and O–H groups in total. The van der Waals surface area contributed by atoms with E-state index in [1.165, 1.54) is 6.07 Å². The molecule has 6 heteroatoms. The van der Waals surface area contributed by atoms with Crippen molar-refractivity contribution in [2.75, 3.05) is 13.2 Å². The summed E-state index contributed by atoms with van der Waals surface area (Å²) in [6.45, 7) is 3.89. The number of aliphatic hydroxyl groups excluding tert-OH is 1. The molecule has 0 aliphatic carbocycles. The van der Waals surface area contributed by atoms with E-state index in [0.717, 1.165) is 3.57 Å². The van der Waals surface area contributed by atoms with E-state index < -0.39 is 12.1 Å². The van der Waals surface area contributed by atoms with Gasteiger partial charge in [0.05, 0.1) is 12.7 Å². The van der Waals surface area contributed by atoms with E-state index in [2.05, 4.69) is 0 Å². The number of hydrogen-bond donors (Lipinski definition) is 2. The van der Waals surface area contributed by atoms with Gasteiger partial charge in [0.15, 0.2) is 0 Å². The molecule has 5 nitrogen and oxygen atoms in total. The number of ether oxygens (including phenoxy) is 2. The Morgan fingerprint density at radius 3 is 2.63 bits per heavy atom. The summed E-state index contributed by atoms with van der Waals surface area (Å²) in [6, 6.07) is 4.86. The number of carboxylic acids is 1. The van der Waals surface area contributed by atoms with Crippen LogP contribution in [-0.4, -0.2) is 41.6 Å². The summed E-state index contributed by atoms with van der Waals surface area (Å²) in [6.07, 6.45) is -0.758. The molecule has 106 valence electrons. The zero-order valence-corrected chi connectivity index (χ0v) is 13.0. The maximum Gasteiger partial charge on any atom is 0.339 e. The molecular formula is C13H17IO5. The van der Waals surface area contributed by atoms with Crippen LogP contribution in [-0.2, 0) is 4.74 Å². The predicted octanol–water partition coefficient (Wildman–Crippen LogP) is 2.15. The lowest BCUT2D eigenvalue weighted by Gasteiger charge is -2.15. The van der Waals surface area contributed by atoms with Crippen LogP contribution in [0, 0.1) is 3.57 Å². The van der Waals surface area contributed by atoms with E-state index in [1.54, 1.807) is 12.1 Å². The van der Waals surface area contributed by atoms with Crippen LogP contribution >= 0.6 is 22.6 Å². The Balaban J connectivity index is 2.60. The Labute approximate surface area is 125 Å². The zero-order valence-electron chi connectivity index (χ0n) is 10.8. The van der Waals surface area contributed by atoms with Crippen molar-refractivity contribution in [3.63, 3.8) is 0 Å². The summed E-state index contributed by atoms with van der Waals surface area (Å²) in [5, 5.41) is 18.7. The Morgan fingerprint density at radius 1 is 1.37 bits per heavy atom. The molecule has 0 radical (unpaired) electrons. The number of carbonyl (C=O) groups is 1. The molecule has 19 heavy (non-hydrogen) atoms. The van der Waals surface area contributed by atoms with Crippen molar-refractivity contribution in [1.82, 2.24) is 0 Å². The van der Waals surface area contributed by atoms with E-state index in [1.807, 2.05) is 36.4 Å². The van der Waals surface area contributed by atoms with Crippen LogP contribution in [0.1, 0.15) is 24.2 Å². The third kappa shape index (κ3) is 5.75. The first-order valence-electron chi connectivity index (χ1n) is 5.85. The fraction of sp³-hybridized carbons (Fsp3) is 0.462. The number of rotatable bonds is 7. The van der Waals surface area contributed by atoms with Gasteiger partial charge in [-0.2, -0.15) is 0 Å². The van der Waals surface area contributed by atoms with Gasteiger partial charge >= 0.3 is 5.97 Å². The highest BCUT2D eigenvalue weighted by molar-refractivity contribution is 14.1. The maximum atomic E-state index is 11.1. The number of carboxylic acid groups (broad SMARTS) is 1. The van der Waals surface area contributed by atoms with Crippen molar-refractivity contribution in [3.05, 3.63) is 27.3 Å². The van der Waals surface area contributed by atoms with E-state index in [-0.39, 0.29) is 30.6 Å². The highest BCUT2D eigenvalue weighted by Gasteiger charge is 2.14. The number of halogens is 1. The van der Waals surface area contributed by atoms with Gasteiger partial charge in [-0.05, 0) is 54.6 Å². The third-order valence-corrected chi connectivity index (χ3v) is 2.90. The maximum absolute atomic E-state index is 11.1. The molecule has 1 rings (SSSR count). The number of benzene rings is 1. The topological polar surface area (TPSA) is 76.0 Å². The van der Waals surface area contributed by atoms with Crippen LogP contribution < -0.4 is 4.74 Å². The highest BCUT2D eigenvalue weighted by Crippen LogP contribution is 2.21. The lowest BCUT2D eigenvalue weighted by molar-refractivity contribution is -0.0124. The quantitative estimate of drug-likeness (QED) is 0.710. The fourth-order valence-corrected chi connectivity index (χ4v) is 1.82. The smallest absolute Gasteiger partial charge is 0.339 e. The van der Waals surface area contributed by atoms with Crippen molar-refractivity contribution >= 4 is 28.6 Å². The van der Waals surface area contributed by atoms with Crippen LogP contribution in [0.25, 0.3) is 0 Å². The lowest BCUT2D eigenvalue weighted by atomic mass is 10.2. The van der Waals surface area contributed by atoms with Crippen LogP contribution in [0.5, 0.6) is 5.75 Å². The van der Waals surface area contributed by atoms with Crippen LogP contribution in [0.3, 0.4) is 0 Å². The molecule has 0 saturated heterocycles. The molecule has 0 aliphatic rings. The summed E-state index contributed by atoms with van der Waals surface area (Å²) in [5.74, 6) is -0.807. The van der Waals surface area contributed by atoms with E-state index in [0.29, 0.717) is 0 Å². The Morgan fingerprint density at radius 2 is 2.05 bits per heavy atom. The van der Waals surface area contributed by atoms with Crippen LogP contribution in [0.15, 0.2) is 18.2 Å². The molecule has 1 aromatic rings. The van der Waals surface area contributed by atoms with Gasteiger partial charge in [0.2, 0.25) is 0 Å². The molecule has 0 heterocycles. The van der Waals surface area contributed by atoms with Gasteiger partial charge < -0.3 is 19.7 Å². The molecular weight excluding hydrogens is 363 g/mol. The van der Waals surface area contributed by atoms with Gasteiger partial charge in [-0.3, -0.25) is 0 Å². The number of aliphatic hydroxyl groups is 1. The molecule has 0 amide bonds. The minimum Gasteiger partial charge on any atom is -0.490 e. The van der Waals surface area contributed by atoms with Gasteiger partial charge in [-0.15, -0.1) is 0 Å². The van der Waals surface area contributed by atoms with Gasteiger partial charge in [0.25, 0.3) is 0 Å². The van der Waals surface area contributed by atoms with Gasteiger partial charge in [-0.25, -0.2) is 4.79 Å². The predicted molar refractivity (Wildman–Crippen MR) is 78.7 cm³/mol. The van der Waals surface area contributed by atoms with Crippen molar-refractivity contribution in [1.29, 1.82) is 0 Å². The first kappa shape index (κ1) is 16.2.